The Labute approximate surface area is 237 Å². The van der Waals surface area contributed by atoms with Gasteiger partial charge in [-0.15, -0.1) is 0 Å². The van der Waals surface area contributed by atoms with Crippen molar-refractivity contribution >= 4 is 34.4 Å². The molecular formula is C27H35F3N6O3S. The molecule has 0 spiro atoms. The summed E-state index contributed by atoms with van der Waals surface area (Å²) >= 11 is 5.56. The molecule has 1 aromatic carbocycles. The number of piperazine rings is 1. The first-order valence-electron chi connectivity index (χ1n) is 13.3. The van der Waals surface area contributed by atoms with Crippen LogP contribution >= 0.6 is 12.2 Å². The molecule has 40 heavy (non-hydrogen) atoms. The highest BCUT2D eigenvalue weighted by Crippen LogP contribution is 2.38. The van der Waals surface area contributed by atoms with Gasteiger partial charge in [0, 0.05) is 55.6 Å². The maximum absolute atomic E-state index is 13.3. The lowest BCUT2D eigenvalue weighted by molar-refractivity contribution is -0.388. The topological polar surface area (TPSA) is 95.8 Å². The van der Waals surface area contributed by atoms with Gasteiger partial charge in [-0.2, -0.15) is 13.2 Å². The zero-order chi connectivity index (χ0) is 29.1. The van der Waals surface area contributed by atoms with Gasteiger partial charge in [0.2, 0.25) is 0 Å². The van der Waals surface area contributed by atoms with Gasteiger partial charge in [0.05, 0.1) is 29.1 Å². The van der Waals surface area contributed by atoms with Gasteiger partial charge < -0.3 is 25.2 Å². The minimum absolute atomic E-state index is 0.0320. The summed E-state index contributed by atoms with van der Waals surface area (Å²) in [7, 11) is 0. The number of benzene rings is 1. The van der Waals surface area contributed by atoms with Crippen LogP contribution < -0.4 is 20.3 Å². The lowest BCUT2D eigenvalue weighted by atomic mass is 9.92. The molecule has 1 aliphatic carbocycles. The number of ether oxygens (including phenoxy) is 1. The minimum Gasteiger partial charge on any atom is -0.489 e. The SMILES string of the molecule is CC(C)(C)NC(=S)N1CCN(c2cncc(OC3CCC(Nc4ccc([N+](=O)[O-])c(C(F)(F)F)c4)CC3)c2)CC1. The molecular weight excluding hydrogens is 545 g/mol. The van der Waals surface area contributed by atoms with Crippen LogP contribution in [0.5, 0.6) is 5.75 Å². The van der Waals surface area contributed by atoms with E-state index >= 15 is 0 Å². The molecule has 0 bridgehead atoms. The normalized spacial score (nSPS) is 20.1. The molecule has 0 amide bonds. The van der Waals surface area contributed by atoms with Crippen molar-refractivity contribution in [2.24, 2.45) is 0 Å². The first-order valence-corrected chi connectivity index (χ1v) is 13.8. The number of rotatable bonds is 6. The predicted octanol–water partition coefficient (Wildman–Crippen LogP) is 5.61. The number of pyridine rings is 1. The summed E-state index contributed by atoms with van der Waals surface area (Å²) in [5.74, 6) is 0.687. The number of halogens is 3. The number of nitrogens with one attached hydrogen (secondary N) is 2. The number of hydrogen-bond donors (Lipinski definition) is 2. The van der Waals surface area contributed by atoms with Crippen LogP contribution in [0, 0.1) is 10.1 Å². The van der Waals surface area contributed by atoms with Crippen LogP contribution in [-0.4, -0.2) is 63.8 Å². The molecule has 0 unspecified atom stereocenters. The van der Waals surface area contributed by atoms with Crippen LogP contribution in [0.1, 0.15) is 52.0 Å². The van der Waals surface area contributed by atoms with Crippen LogP contribution in [-0.2, 0) is 6.18 Å². The van der Waals surface area contributed by atoms with Gasteiger partial charge in [0.15, 0.2) is 5.11 Å². The van der Waals surface area contributed by atoms with Gasteiger partial charge in [-0.1, -0.05) is 0 Å². The molecule has 0 radical (unpaired) electrons. The van der Waals surface area contributed by atoms with Gasteiger partial charge in [0.1, 0.15) is 11.3 Å². The van der Waals surface area contributed by atoms with Gasteiger partial charge in [-0.25, -0.2) is 0 Å². The van der Waals surface area contributed by atoms with Crippen molar-refractivity contribution in [3.8, 4) is 5.75 Å². The van der Waals surface area contributed by atoms with E-state index in [-0.39, 0.29) is 23.4 Å². The zero-order valence-corrected chi connectivity index (χ0v) is 23.6. The highest BCUT2D eigenvalue weighted by Gasteiger charge is 2.38. The van der Waals surface area contributed by atoms with Crippen molar-refractivity contribution in [2.45, 2.75) is 70.3 Å². The van der Waals surface area contributed by atoms with Gasteiger partial charge >= 0.3 is 6.18 Å². The quantitative estimate of drug-likeness (QED) is 0.257. The smallest absolute Gasteiger partial charge is 0.423 e. The number of thiocarbonyl (C=S) groups is 1. The van der Waals surface area contributed by atoms with E-state index < -0.39 is 22.4 Å². The van der Waals surface area contributed by atoms with E-state index in [2.05, 4.69) is 46.2 Å². The molecule has 9 nitrogen and oxygen atoms in total. The van der Waals surface area contributed by atoms with E-state index in [1.165, 1.54) is 6.07 Å². The first-order chi connectivity index (χ1) is 18.8. The van der Waals surface area contributed by atoms with E-state index in [9.17, 15) is 23.3 Å². The van der Waals surface area contributed by atoms with E-state index in [0.29, 0.717) is 18.6 Å². The third kappa shape index (κ3) is 7.86. The van der Waals surface area contributed by atoms with Gasteiger partial charge in [-0.05, 0) is 70.8 Å². The number of aromatic nitrogens is 1. The standard InChI is InChI=1S/C27H35F3N6O3S/c1-26(2,3)33-25(40)35-12-10-34(11-13-35)20-15-22(17-31-16-20)39-21-7-4-18(5-8-21)32-19-6-9-24(36(37)38)23(14-19)27(28,29)30/h6,9,14-18,21,32H,4-5,7-8,10-13H2,1-3H3,(H,33,40). The molecule has 2 aliphatic rings. The molecule has 2 fully saturated rings. The second kappa shape index (κ2) is 12.0. The molecule has 1 saturated heterocycles. The Morgan fingerprint density at radius 1 is 1.07 bits per heavy atom. The van der Waals surface area contributed by atoms with Crippen molar-refractivity contribution in [1.82, 2.24) is 15.2 Å². The third-order valence-electron chi connectivity index (χ3n) is 6.96. The summed E-state index contributed by atoms with van der Waals surface area (Å²) in [4.78, 5) is 18.8. The lowest BCUT2D eigenvalue weighted by Gasteiger charge is -2.39. The van der Waals surface area contributed by atoms with Crippen molar-refractivity contribution < 1.29 is 22.8 Å². The first kappa shape index (κ1) is 29.6. The van der Waals surface area contributed by atoms with Crippen LogP contribution in [0.4, 0.5) is 30.2 Å². The number of alkyl halides is 3. The lowest BCUT2D eigenvalue weighted by Crippen LogP contribution is -2.55. The average Bonchev–Trinajstić information content (AvgIpc) is 2.88. The summed E-state index contributed by atoms with van der Waals surface area (Å²) in [6.45, 7) is 9.50. The van der Waals surface area contributed by atoms with Crippen LogP contribution in [0.2, 0.25) is 0 Å². The molecule has 1 saturated carbocycles. The Kier molecular flexibility index (Phi) is 8.91. The third-order valence-corrected chi connectivity index (χ3v) is 7.32. The number of nitro groups is 1. The Morgan fingerprint density at radius 3 is 2.35 bits per heavy atom. The summed E-state index contributed by atoms with van der Waals surface area (Å²) in [6.07, 6.45) is 1.51. The van der Waals surface area contributed by atoms with E-state index in [1.54, 1.807) is 6.20 Å². The maximum Gasteiger partial charge on any atom is 0.423 e. The molecule has 218 valence electrons. The molecule has 4 rings (SSSR count). The molecule has 13 heteroatoms. The summed E-state index contributed by atoms with van der Waals surface area (Å²) in [5.41, 5.74) is -1.08. The number of nitro benzene ring substituents is 1. The van der Waals surface area contributed by atoms with E-state index in [1.807, 2.05) is 12.3 Å². The van der Waals surface area contributed by atoms with Crippen molar-refractivity contribution in [1.29, 1.82) is 0 Å². The summed E-state index contributed by atoms with van der Waals surface area (Å²) in [6, 6.07) is 4.97. The molecule has 2 heterocycles. The second-order valence-electron chi connectivity index (χ2n) is 11.3. The Balaban J connectivity index is 1.28. The monoisotopic (exact) mass is 580 g/mol. The minimum atomic E-state index is -4.81. The van der Waals surface area contributed by atoms with Crippen LogP contribution in [0.3, 0.4) is 0 Å². The van der Waals surface area contributed by atoms with Crippen molar-refractivity contribution in [2.75, 3.05) is 36.4 Å². The highest BCUT2D eigenvalue weighted by atomic mass is 32.1. The average molecular weight is 581 g/mol. The molecule has 1 aliphatic heterocycles. The number of hydrogen-bond acceptors (Lipinski definition) is 7. The van der Waals surface area contributed by atoms with Gasteiger partial charge in [-0.3, -0.25) is 15.1 Å². The predicted molar refractivity (Wildman–Crippen MR) is 152 cm³/mol. The van der Waals surface area contributed by atoms with Crippen LogP contribution in [0.15, 0.2) is 36.7 Å². The largest absolute Gasteiger partial charge is 0.489 e. The summed E-state index contributed by atoms with van der Waals surface area (Å²) < 4.78 is 46.2. The molecule has 1 aromatic heterocycles. The second-order valence-corrected chi connectivity index (χ2v) is 11.6. The van der Waals surface area contributed by atoms with Gasteiger partial charge in [0.25, 0.3) is 5.69 Å². The fourth-order valence-corrected chi connectivity index (χ4v) is 5.47. The molecule has 2 N–H and O–H groups in total. The Morgan fingerprint density at radius 2 is 1.75 bits per heavy atom. The summed E-state index contributed by atoms with van der Waals surface area (Å²) in [5, 5.41) is 18.2. The van der Waals surface area contributed by atoms with E-state index in [0.717, 1.165) is 62.0 Å². The number of nitrogens with zero attached hydrogens (tertiary/aromatic N) is 4. The number of anilines is 2. The Hall–Kier alpha value is -3.35. The van der Waals surface area contributed by atoms with Crippen molar-refractivity contribution in [3.63, 3.8) is 0 Å². The fourth-order valence-electron chi connectivity index (χ4n) is 4.98. The fraction of sp³-hybridized carbons (Fsp3) is 0.556. The molecule has 2 aromatic rings. The van der Waals surface area contributed by atoms with Crippen LogP contribution in [0.25, 0.3) is 0 Å². The maximum atomic E-state index is 13.3. The Bertz CT molecular complexity index is 1210. The van der Waals surface area contributed by atoms with Crippen molar-refractivity contribution in [3.05, 3.63) is 52.3 Å². The zero-order valence-electron chi connectivity index (χ0n) is 22.8. The van der Waals surface area contributed by atoms with E-state index in [4.69, 9.17) is 17.0 Å². The molecule has 0 atom stereocenters. The highest BCUT2D eigenvalue weighted by molar-refractivity contribution is 7.80.